The molecule has 1 aliphatic carbocycles. The lowest BCUT2D eigenvalue weighted by molar-refractivity contribution is -0.141. The Morgan fingerprint density at radius 1 is 1.16 bits per heavy atom. The van der Waals surface area contributed by atoms with Crippen molar-refractivity contribution in [2.75, 3.05) is 18.0 Å². The van der Waals surface area contributed by atoms with Crippen LogP contribution in [0.25, 0.3) is 0 Å². The van der Waals surface area contributed by atoms with Crippen LogP contribution in [0.4, 0.5) is 23.2 Å². The quantitative estimate of drug-likeness (QED) is 0.706. The van der Waals surface area contributed by atoms with Gasteiger partial charge in [0.05, 0.1) is 5.92 Å². The molecule has 1 saturated carbocycles. The Morgan fingerprint density at radius 2 is 1.87 bits per heavy atom. The lowest BCUT2D eigenvalue weighted by Crippen LogP contribution is -2.34. The van der Waals surface area contributed by atoms with Gasteiger partial charge in [-0.1, -0.05) is 0 Å². The Bertz CT molecular complexity index is 990. The van der Waals surface area contributed by atoms with E-state index in [9.17, 15) is 27.2 Å². The first-order valence-electron chi connectivity index (χ1n) is 9.99. The van der Waals surface area contributed by atoms with E-state index in [0.29, 0.717) is 11.4 Å². The maximum Gasteiger partial charge on any atom is 0.433 e. The second-order valence-electron chi connectivity index (χ2n) is 7.79. The Balaban J connectivity index is 1.35. The van der Waals surface area contributed by atoms with Crippen molar-refractivity contribution >= 4 is 17.5 Å². The molecule has 31 heavy (non-hydrogen) atoms. The van der Waals surface area contributed by atoms with Crippen LogP contribution >= 0.6 is 0 Å². The van der Waals surface area contributed by atoms with E-state index in [1.165, 1.54) is 29.2 Å². The molecule has 2 aromatic rings. The number of carbonyl (C=O) groups excluding carboxylic acids is 2. The van der Waals surface area contributed by atoms with Crippen LogP contribution < -0.4 is 10.2 Å². The van der Waals surface area contributed by atoms with Gasteiger partial charge in [0.1, 0.15) is 17.3 Å². The molecule has 4 rings (SSSR count). The molecule has 1 atom stereocenters. The fourth-order valence-electron chi connectivity index (χ4n) is 3.56. The number of rotatable bonds is 6. The summed E-state index contributed by atoms with van der Waals surface area (Å²) < 4.78 is 52.4. The summed E-state index contributed by atoms with van der Waals surface area (Å²) in [6, 6.07) is 6.40. The molecule has 2 fully saturated rings. The van der Waals surface area contributed by atoms with Crippen molar-refractivity contribution in [2.24, 2.45) is 5.92 Å². The summed E-state index contributed by atoms with van der Waals surface area (Å²) in [4.78, 5) is 33.9. The number of aromatic nitrogens is 2. The Hall–Kier alpha value is -3.04. The minimum Gasteiger partial charge on any atom is -0.355 e. The number of carbonyl (C=O) groups is 2. The smallest absolute Gasteiger partial charge is 0.355 e. The second-order valence-corrected chi connectivity index (χ2v) is 7.79. The third-order valence-electron chi connectivity index (χ3n) is 5.36. The van der Waals surface area contributed by atoms with Crippen LogP contribution in [0, 0.1) is 11.7 Å². The van der Waals surface area contributed by atoms with Crippen molar-refractivity contribution in [2.45, 2.75) is 37.8 Å². The number of hydrogen-bond donors (Lipinski definition) is 1. The topological polar surface area (TPSA) is 75.2 Å². The van der Waals surface area contributed by atoms with Gasteiger partial charge in [0, 0.05) is 43.2 Å². The van der Waals surface area contributed by atoms with E-state index in [2.05, 4.69) is 15.3 Å². The standard InChI is InChI=1S/C21H20F4N4O2/c22-14-3-5-15(6-4-14)29-11-13(9-19(29)30)20(31)26-8-7-18-27-16(12-1-2-12)10-17(28-18)21(23,24)25/h3-6,10,12-13H,1-2,7-9,11H2,(H,26,31)/t13-/m0/s1. The molecule has 1 aliphatic heterocycles. The second kappa shape index (κ2) is 8.24. The number of alkyl halides is 3. The van der Waals surface area contributed by atoms with Gasteiger partial charge in [0.25, 0.3) is 0 Å². The van der Waals surface area contributed by atoms with E-state index in [-0.39, 0.29) is 49.5 Å². The van der Waals surface area contributed by atoms with Gasteiger partial charge in [-0.2, -0.15) is 13.2 Å². The van der Waals surface area contributed by atoms with Gasteiger partial charge in [-0.15, -0.1) is 0 Å². The third-order valence-corrected chi connectivity index (χ3v) is 5.36. The maximum absolute atomic E-state index is 13.1. The van der Waals surface area contributed by atoms with E-state index in [0.717, 1.165) is 18.9 Å². The van der Waals surface area contributed by atoms with Crippen molar-refractivity contribution in [1.82, 2.24) is 15.3 Å². The normalized spacial score (nSPS) is 19.0. The number of benzene rings is 1. The highest BCUT2D eigenvalue weighted by molar-refractivity contribution is 6.00. The number of anilines is 1. The highest BCUT2D eigenvalue weighted by Gasteiger charge is 2.37. The first-order valence-corrected chi connectivity index (χ1v) is 9.99. The molecule has 0 bridgehead atoms. The zero-order valence-corrected chi connectivity index (χ0v) is 16.5. The molecular weight excluding hydrogens is 416 g/mol. The lowest BCUT2D eigenvalue weighted by atomic mass is 10.1. The molecule has 1 aromatic carbocycles. The van der Waals surface area contributed by atoms with Gasteiger partial charge in [-0.05, 0) is 43.2 Å². The Kier molecular flexibility index (Phi) is 5.63. The predicted octanol–water partition coefficient (Wildman–Crippen LogP) is 3.22. The molecule has 6 nitrogen and oxygen atoms in total. The number of hydrogen-bond acceptors (Lipinski definition) is 4. The van der Waals surface area contributed by atoms with E-state index in [4.69, 9.17) is 0 Å². The highest BCUT2D eigenvalue weighted by Crippen LogP contribution is 2.40. The molecule has 0 radical (unpaired) electrons. The number of amides is 2. The minimum absolute atomic E-state index is 0.00902. The van der Waals surface area contributed by atoms with E-state index < -0.39 is 23.6 Å². The average molecular weight is 436 g/mol. The molecule has 1 aromatic heterocycles. The van der Waals surface area contributed by atoms with Crippen LogP contribution in [0.1, 0.15) is 42.4 Å². The van der Waals surface area contributed by atoms with Crippen LogP contribution in [0.5, 0.6) is 0 Å². The van der Waals surface area contributed by atoms with Gasteiger partial charge in [0.15, 0.2) is 0 Å². The zero-order valence-electron chi connectivity index (χ0n) is 16.5. The summed E-state index contributed by atoms with van der Waals surface area (Å²) in [5, 5.41) is 2.66. The molecule has 2 aliphatic rings. The van der Waals surface area contributed by atoms with Crippen LogP contribution in [-0.4, -0.2) is 34.9 Å². The molecule has 1 N–H and O–H groups in total. The summed E-state index contributed by atoms with van der Waals surface area (Å²) in [6.07, 6.45) is -2.87. The summed E-state index contributed by atoms with van der Waals surface area (Å²) in [6.45, 7) is 0.216. The highest BCUT2D eigenvalue weighted by atomic mass is 19.4. The molecule has 2 amide bonds. The van der Waals surface area contributed by atoms with Crippen LogP contribution in [-0.2, 0) is 22.2 Å². The van der Waals surface area contributed by atoms with Crippen molar-refractivity contribution in [1.29, 1.82) is 0 Å². The molecule has 0 unspecified atom stereocenters. The number of nitrogens with one attached hydrogen (secondary N) is 1. The third kappa shape index (κ3) is 5.00. The Labute approximate surface area is 175 Å². The SMILES string of the molecule is O=C(NCCc1nc(C2CC2)cc(C(F)(F)F)n1)[C@H]1CC(=O)N(c2ccc(F)cc2)C1. The minimum atomic E-state index is -4.56. The number of halogens is 4. The summed E-state index contributed by atoms with van der Waals surface area (Å²) in [7, 11) is 0. The molecule has 1 saturated heterocycles. The van der Waals surface area contributed by atoms with Crippen molar-refractivity contribution in [3.8, 4) is 0 Å². The number of nitrogens with zero attached hydrogens (tertiary/aromatic N) is 3. The van der Waals surface area contributed by atoms with Gasteiger partial charge in [0.2, 0.25) is 11.8 Å². The maximum atomic E-state index is 13.1. The summed E-state index contributed by atoms with van der Waals surface area (Å²) >= 11 is 0. The average Bonchev–Trinajstić information content (AvgIpc) is 3.50. The monoisotopic (exact) mass is 436 g/mol. The molecule has 2 heterocycles. The summed E-state index contributed by atoms with van der Waals surface area (Å²) in [5.74, 6) is -1.56. The summed E-state index contributed by atoms with van der Waals surface area (Å²) in [5.41, 5.74) is -0.0753. The van der Waals surface area contributed by atoms with Crippen LogP contribution in [0.3, 0.4) is 0 Å². The van der Waals surface area contributed by atoms with Crippen molar-refractivity contribution in [3.05, 3.63) is 53.4 Å². The molecule has 164 valence electrons. The molecule has 0 spiro atoms. The fourth-order valence-corrected chi connectivity index (χ4v) is 3.56. The van der Waals surface area contributed by atoms with Gasteiger partial charge in [-0.3, -0.25) is 9.59 Å². The Morgan fingerprint density at radius 3 is 2.52 bits per heavy atom. The first kappa shape index (κ1) is 21.2. The lowest BCUT2D eigenvalue weighted by Gasteiger charge is -2.16. The van der Waals surface area contributed by atoms with Crippen LogP contribution in [0.2, 0.25) is 0 Å². The van der Waals surface area contributed by atoms with E-state index >= 15 is 0 Å². The van der Waals surface area contributed by atoms with E-state index in [1.54, 1.807) is 0 Å². The van der Waals surface area contributed by atoms with Crippen LogP contribution in [0.15, 0.2) is 30.3 Å². The fraction of sp³-hybridized carbons (Fsp3) is 0.429. The predicted molar refractivity (Wildman–Crippen MR) is 103 cm³/mol. The molecular formula is C21H20F4N4O2. The van der Waals surface area contributed by atoms with Gasteiger partial charge < -0.3 is 10.2 Å². The molecule has 10 heteroatoms. The van der Waals surface area contributed by atoms with Gasteiger partial charge in [-0.25, -0.2) is 14.4 Å². The van der Waals surface area contributed by atoms with E-state index in [1.807, 2.05) is 0 Å². The van der Waals surface area contributed by atoms with Crippen molar-refractivity contribution < 1.29 is 27.2 Å². The largest absolute Gasteiger partial charge is 0.433 e. The first-order chi connectivity index (χ1) is 14.7. The van der Waals surface area contributed by atoms with Gasteiger partial charge >= 0.3 is 6.18 Å². The zero-order chi connectivity index (χ0) is 22.2. The van der Waals surface area contributed by atoms with Crippen molar-refractivity contribution in [3.63, 3.8) is 0 Å².